The summed E-state index contributed by atoms with van der Waals surface area (Å²) < 4.78 is 9.42. The molecule has 4 nitrogen and oxygen atoms in total. The molecule has 0 unspecified atom stereocenters. The smallest absolute Gasteiger partial charge is 0.164 e. The van der Waals surface area contributed by atoms with E-state index in [9.17, 15) is 0 Å². The minimum Gasteiger partial charge on any atom is -0.455 e. The fraction of sp³-hybridized carbons (Fsp3) is 0. The summed E-state index contributed by atoms with van der Waals surface area (Å²) in [6.45, 7) is 0. The summed E-state index contributed by atoms with van der Waals surface area (Å²) >= 11 is 1.85. The average molecular weight is 858 g/mol. The highest BCUT2D eigenvalue weighted by Crippen LogP contribution is 2.44. The lowest BCUT2D eigenvalue weighted by Gasteiger charge is -2.13. The van der Waals surface area contributed by atoms with Gasteiger partial charge in [-0.1, -0.05) is 194 Å². The zero-order valence-corrected chi connectivity index (χ0v) is 36.2. The van der Waals surface area contributed by atoms with Crippen molar-refractivity contribution in [1.82, 2.24) is 15.0 Å². The number of benzene rings is 11. The second-order valence-electron chi connectivity index (χ2n) is 17.0. The third kappa shape index (κ3) is 5.67. The number of furan rings is 1. The molecule has 0 aliphatic rings. The van der Waals surface area contributed by atoms with Gasteiger partial charge in [-0.15, -0.1) is 11.3 Å². The summed E-state index contributed by atoms with van der Waals surface area (Å²) in [5, 5.41) is 14.2. The van der Waals surface area contributed by atoms with Crippen LogP contribution in [0, 0.1) is 0 Å². The number of fused-ring (bicyclic) bond motifs is 13. The average Bonchev–Trinajstić information content (AvgIpc) is 3.97. The molecule has 0 fully saturated rings. The van der Waals surface area contributed by atoms with E-state index in [1.807, 2.05) is 23.5 Å². The van der Waals surface area contributed by atoms with Crippen LogP contribution in [0.5, 0.6) is 0 Å². The number of thiophene rings is 1. The van der Waals surface area contributed by atoms with E-state index in [2.05, 4.69) is 200 Å². The second-order valence-corrected chi connectivity index (χ2v) is 18.1. The molecule has 0 aliphatic heterocycles. The fourth-order valence-corrected chi connectivity index (χ4v) is 11.5. The van der Waals surface area contributed by atoms with Crippen LogP contribution >= 0.6 is 11.3 Å². The zero-order chi connectivity index (χ0) is 43.3. The lowest BCUT2D eigenvalue weighted by Crippen LogP contribution is -2.00. The maximum Gasteiger partial charge on any atom is 0.164 e. The molecule has 5 heteroatoms. The van der Waals surface area contributed by atoms with Crippen LogP contribution in [0.25, 0.3) is 142 Å². The molecule has 11 aromatic carbocycles. The minimum atomic E-state index is 0.585. The van der Waals surface area contributed by atoms with Crippen LogP contribution in [-0.4, -0.2) is 15.0 Å². The Hall–Kier alpha value is -8.51. The summed E-state index contributed by atoms with van der Waals surface area (Å²) in [7, 11) is 0. The number of hydrogen-bond donors (Lipinski definition) is 0. The van der Waals surface area contributed by atoms with Gasteiger partial charge in [0.2, 0.25) is 0 Å². The van der Waals surface area contributed by atoms with Crippen LogP contribution in [0.3, 0.4) is 0 Å². The third-order valence-electron chi connectivity index (χ3n) is 13.3. The Morgan fingerprint density at radius 2 is 0.833 bits per heavy atom. The Labute approximate surface area is 382 Å². The van der Waals surface area contributed by atoms with E-state index in [-0.39, 0.29) is 0 Å². The van der Waals surface area contributed by atoms with Gasteiger partial charge in [-0.05, 0) is 78.0 Å². The van der Waals surface area contributed by atoms with Gasteiger partial charge in [-0.25, -0.2) is 15.0 Å². The molecule has 0 atom stereocenters. The fourth-order valence-electron chi connectivity index (χ4n) is 10.3. The second kappa shape index (κ2) is 14.5. The minimum absolute atomic E-state index is 0.585. The van der Waals surface area contributed by atoms with Crippen molar-refractivity contribution in [3.05, 3.63) is 212 Å². The highest BCUT2D eigenvalue weighted by Gasteiger charge is 2.21. The first-order chi connectivity index (χ1) is 32.7. The quantitative estimate of drug-likeness (QED) is 0.162. The highest BCUT2D eigenvalue weighted by atomic mass is 32.1. The highest BCUT2D eigenvalue weighted by molar-refractivity contribution is 7.26. The molecule has 0 amide bonds. The van der Waals surface area contributed by atoms with Gasteiger partial charge in [0.05, 0.1) is 0 Å². The first-order valence-electron chi connectivity index (χ1n) is 22.3. The van der Waals surface area contributed by atoms with E-state index in [0.29, 0.717) is 17.5 Å². The number of rotatable bonds is 5. The topological polar surface area (TPSA) is 51.8 Å². The molecule has 0 radical (unpaired) electrons. The molecule has 14 aromatic rings. The third-order valence-corrected chi connectivity index (χ3v) is 14.6. The van der Waals surface area contributed by atoms with E-state index >= 15 is 0 Å². The molecular formula is C61H35N3OS. The Morgan fingerprint density at radius 1 is 0.318 bits per heavy atom. The van der Waals surface area contributed by atoms with Crippen LogP contribution in [0.15, 0.2) is 217 Å². The molecule has 0 N–H and O–H groups in total. The van der Waals surface area contributed by atoms with Crippen molar-refractivity contribution in [1.29, 1.82) is 0 Å². The van der Waals surface area contributed by atoms with Gasteiger partial charge in [-0.2, -0.15) is 0 Å². The van der Waals surface area contributed by atoms with Crippen molar-refractivity contribution < 1.29 is 4.42 Å². The van der Waals surface area contributed by atoms with Gasteiger partial charge in [0.25, 0.3) is 0 Å². The molecule has 3 heterocycles. The molecule has 0 saturated heterocycles. The summed E-state index contributed by atoms with van der Waals surface area (Å²) in [4.78, 5) is 16.0. The predicted octanol–water partition coefficient (Wildman–Crippen LogP) is 17.1. The van der Waals surface area contributed by atoms with E-state index in [0.717, 1.165) is 60.7 Å². The van der Waals surface area contributed by atoms with E-state index in [1.54, 1.807) is 0 Å². The zero-order valence-electron chi connectivity index (χ0n) is 35.4. The summed E-state index contributed by atoms with van der Waals surface area (Å²) in [6, 6.07) is 75.6. The van der Waals surface area contributed by atoms with Crippen LogP contribution < -0.4 is 0 Å². The largest absolute Gasteiger partial charge is 0.455 e. The first-order valence-corrected chi connectivity index (χ1v) is 23.1. The summed E-state index contributed by atoms with van der Waals surface area (Å²) in [5.41, 5.74) is 8.88. The molecule has 66 heavy (non-hydrogen) atoms. The van der Waals surface area contributed by atoms with Gasteiger partial charge in [0.15, 0.2) is 17.5 Å². The number of hydrogen-bond acceptors (Lipinski definition) is 5. The predicted molar refractivity (Wildman–Crippen MR) is 277 cm³/mol. The van der Waals surface area contributed by atoms with Crippen molar-refractivity contribution in [3.63, 3.8) is 0 Å². The molecule has 0 spiro atoms. The van der Waals surface area contributed by atoms with Crippen LogP contribution in [-0.2, 0) is 0 Å². The SMILES string of the molecule is c1ccc2c(-c3cccc4c3oc3cccc(-c5nc(-c6ccc(-c7cccc8c7sc7ccccc78)cc6)nc(-c6ccc7c8ccccc8c8ccccc8c7c6)n5)c34)cccc2c1. The van der Waals surface area contributed by atoms with Crippen molar-refractivity contribution in [2.75, 3.05) is 0 Å². The van der Waals surface area contributed by atoms with Crippen molar-refractivity contribution >= 4 is 96.5 Å². The molecule has 0 saturated carbocycles. The lowest BCUT2D eigenvalue weighted by molar-refractivity contribution is 0.670. The molecule has 0 bridgehead atoms. The van der Waals surface area contributed by atoms with Crippen LogP contribution in [0.2, 0.25) is 0 Å². The van der Waals surface area contributed by atoms with Crippen molar-refractivity contribution in [2.24, 2.45) is 0 Å². The molecule has 306 valence electrons. The van der Waals surface area contributed by atoms with Crippen LogP contribution in [0.4, 0.5) is 0 Å². The number of para-hydroxylation sites is 1. The Morgan fingerprint density at radius 3 is 1.62 bits per heavy atom. The van der Waals surface area contributed by atoms with Gasteiger partial charge >= 0.3 is 0 Å². The van der Waals surface area contributed by atoms with Crippen molar-refractivity contribution in [3.8, 4) is 56.4 Å². The van der Waals surface area contributed by atoms with Gasteiger partial charge in [0, 0.05) is 53.2 Å². The monoisotopic (exact) mass is 857 g/mol. The maximum absolute atomic E-state index is 6.84. The molecule has 3 aromatic heterocycles. The van der Waals surface area contributed by atoms with E-state index in [4.69, 9.17) is 19.4 Å². The Kier molecular flexibility index (Phi) is 8.12. The summed E-state index contributed by atoms with van der Waals surface area (Å²) in [5.74, 6) is 1.79. The van der Waals surface area contributed by atoms with E-state index in [1.165, 1.54) is 63.4 Å². The van der Waals surface area contributed by atoms with Crippen molar-refractivity contribution in [2.45, 2.75) is 0 Å². The number of aromatic nitrogens is 3. The Balaban J connectivity index is 0.976. The molecular weight excluding hydrogens is 823 g/mol. The molecule has 0 aliphatic carbocycles. The standard InChI is InChI=1S/C61H35N3OS/c1-2-15-40-36(13-1)14-9-22-42(40)49-23-11-25-51-56-52(26-12-27-54(56)65-57(49)51)61-63-59(38-31-29-37(30-32-38)41-21-10-24-50-48-20-7-8-28-55(48)66-58(41)50)62-60(64-61)39-33-34-47-45-18-4-3-16-43(45)44-17-5-6-19-46(44)53(47)35-39/h1-35H. The van der Waals surface area contributed by atoms with Gasteiger partial charge in [-0.3, -0.25) is 0 Å². The lowest BCUT2D eigenvalue weighted by atomic mass is 9.93. The van der Waals surface area contributed by atoms with Gasteiger partial charge in [0.1, 0.15) is 11.2 Å². The first kappa shape index (κ1) is 36.9. The van der Waals surface area contributed by atoms with Gasteiger partial charge < -0.3 is 4.42 Å². The van der Waals surface area contributed by atoms with Crippen LogP contribution in [0.1, 0.15) is 0 Å². The maximum atomic E-state index is 6.84. The normalized spacial score (nSPS) is 11.9. The number of nitrogens with zero attached hydrogens (tertiary/aromatic N) is 3. The van der Waals surface area contributed by atoms with E-state index < -0.39 is 0 Å². The summed E-state index contributed by atoms with van der Waals surface area (Å²) in [6.07, 6.45) is 0. The molecule has 14 rings (SSSR count). The Bertz CT molecular complexity index is 4260.